The number of nitrogen functional groups attached to an aromatic ring is 1. The number of aryl methyl sites for hydroxylation is 1. The average Bonchev–Trinajstić information content (AvgIpc) is 2.70. The van der Waals surface area contributed by atoms with Crippen LogP contribution in [0.1, 0.15) is 0 Å². The largest absolute Gasteiger partial charge is 0.396 e. The van der Waals surface area contributed by atoms with Gasteiger partial charge in [0.25, 0.3) is 10.0 Å². The fraction of sp³-hybridized carbons (Fsp3) is 0.100. The van der Waals surface area contributed by atoms with Crippen molar-refractivity contribution in [1.29, 1.82) is 0 Å². The highest BCUT2D eigenvalue weighted by atomic mass is 35.5. The molecule has 1 aromatic carbocycles. The first kappa shape index (κ1) is 14.0. The van der Waals surface area contributed by atoms with Crippen molar-refractivity contribution in [3.05, 3.63) is 34.6 Å². The molecular formula is C10H10Cl2N4O2S. The Morgan fingerprint density at radius 1 is 1.37 bits per heavy atom. The van der Waals surface area contributed by atoms with Crippen LogP contribution in [0.25, 0.3) is 0 Å². The summed E-state index contributed by atoms with van der Waals surface area (Å²) in [7, 11) is -2.17. The van der Waals surface area contributed by atoms with E-state index in [1.165, 1.54) is 29.2 Å². The minimum Gasteiger partial charge on any atom is -0.396 e. The van der Waals surface area contributed by atoms with Crippen molar-refractivity contribution in [1.82, 2.24) is 9.78 Å². The molecule has 2 rings (SSSR count). The number of aromatic nitrogens is 2. The molecule has 0 atom stereocenters. The van der Waals surface area contributed by atoms with Gasteiger partial charge in [-0.1, -0.05) is 23.2 Å². The molecule has 9 heteroatoms. The topological polar surface area (TPSA) is 90.0 Å². The van der Waals surface area contributed by atoms with E-state index in [1.807, 2.05) is 0 Å². The zero-order valence-electron chi connectivity index (χ0n) is 9.76. The number of nitrogens with zero attached hydrogens (tertiary/aromatic N) is 2. The Labute approximate surface area is 120 Å². The van der Waals surface area contributed by atoms with E-state index in [9.17, 15) is 8.42 Å². The number of benzene rings is 1. The maximum absolute atomic E-state index is 12.2. The van der Waals surface area contributed by atoms with E-state index in [0.29, 0.717) is 5.69 Å². The lowest BCUT2D eigenvalue weighted by Gasteiger charge is -2.10. The second kappa shape index (κ2) is 4.92. The lowest BCUT2D eigenvalue weighted by Crippen LogP contribution is -2.13. The summed E-state index contributed by atoms with van der Waals surface area (Å²) in [6.45, 7) is 0. The smallest absolute Gasteiger partial charge is 0.263 e. The molecule has 0 aliphatic carbocycles. The van der Waals surface area contributed by atoms with Gasteiger partial charge in [0.1, 0.15) is 4.90 Å². The molecule has 0 saturated heterocycles. The number of sulfonamides is 1. The molecule has 102 valence electrons. The Balaban J connectivity index is 2.43. The van der Waals surface area contributed by atoms with Gasteiger partial charge in [-0.15, -0.1) is 0 Å². The minimum atomic E-state index is -3.84. The van der Waals surface area contributed by atoms with Gasteiger partial charge >= 0.3 is 0 Å². The molecule has 1 aromatic heterocycles. The summed E-state index contributed by atoms with van der Waals surface area (Å²) < 4.78 is 28.1. The fourth-order valence-electron chi connectivity index (χ4n) is 1.44. The number of nitrogens with two attached hydrogens (primary N) is 1. The molecule has 0 radical (unpaired) electrons. The second-order valence-electron chi connectivity index (χ2n) is 3.78. The molecule has 0 spiro atoms. The van der Waals surface area contributed by atoms with Crippen molar-refractivity contribution >= 4 is 44.6 Å². The lowest BCUT2D eigenvalue weighted by atomic mass is 10.3. The van der Waals surface area contributed by atoms with E-state index in [4.69, 9.17) is 28.9 Å². The van der Waals surface area contributed by atoms with E-state index in [1.54, 1.807) is 7.05 Å². The van der Waals surface area contributed by atoms with Gasteiger partial charge in [-0.25, -0.2) is 8.42 Å². The van der Waals surface area contributed by atoms with Crippen LogP contribution < -0.4 is 10.5 Å². The summed E-state index contributed by atoms with van der Waals surface area (Å²) in [5, 5.41) is 3.95. The Morgan fingerprint density at radius 3 is 2.63 bits per heavy atom. The summed E-state index contributed by atoms with van der Waals surface area (Å²) in [6, 6.07) is 2.67. The van der Waals surface area contributed by atoms with Gasteiger partial charge in [0.15, 0.2) is 0 Å². The molecular weight excluding hydrogens is 311 g/mol. The Kier molecular flexibility index (Phi) is 3.62. The Bertz CT molecular complexity index is 727. The van der Waals surface area contributed by atoms with E-state index in [2.05, 4.69) is 9.82 Å². The van der Waals surface area contributed by atoms with Crippen LogP contribution in [0, 0.1) is 0 Å². The van der Waals surface area contributed by atoms with Crippen LogP contribution in [-0.2, 0) is 17.1 Å². The molecule has 3 N–H and O–H groups in total. The number of hydrogen-bond acceptors (Lipinski definition) is 4. The number of hydrogen-bond donors (Lipinski definition) is 2. The Hall–Kier alpha value is -1.44. The van der Waals surface area contributed by atoms with Crippen LogP contribution in [0.2, 0.25) is 10.0 Å². The summed E-state index contributed by atoms with van der Waals surface area (Å²) in [5.74, 6) is 0. The number of nitrogens with one attached hydrogen (secondary N) is 1. The highest BCUT2D eigenvalue weighted by Crippen LogP contribution is 2.33. The van der Waals surface area contributed by atoms with Crippen LogP contribution in [0.5, 0.6) is 0 Å². The van der Waals surface area contributed by atoms with Crippen LogP contribution in [0.3, 0.4) is 0 Å². The van der Waals surface area contributed by atoms with Gasteiger partial charge < -0.3 is 5.73 Å². The molecule has 0 aliphatic rings. The zero-order valence-corrected chi connectivity index (χ0v) is 12.1. The van der Waals surface area contributed by atoms with E-state index in [0.717, 1.165) is 0 Å². The molecule has 2 aromatic rings. The first-order valence-corrected chi connectivity index (χ1v) is 7.30. The summed E-state index contributed by atoms with van der Waals surface area (Å²) in [6.07, 6.45) is 2.90. The predicted octanol–water partition coefficient (Wildman–Crippen LogP) is 2.11. The third kappa shape index (κ3) is 2.78. The van der Waals surface area contributed by atoms with Crippen LogP contribution in [0.15, 0.2) is 29.4 Å². The average molecular weight is 321 g/mol. The normalized spacial score (nSPS) is 11.5. The van der Waals surface area contributed by atoms with Crippen molar-refractivity contribution in [2.45, 2.75) is 4.90 Å². The number of anilines is 2. The third-order valence-corrected chi connectivity index (χ3v) is 4.61. The maximum atomic E-state index is 12.2. The lowest BCUT2D eigenvalue weighted by molar-refractivity contribution is 0.601. The SMILES string of the molecule is Cn1cc(NS(=O)(=O)c2ccc(Cl)c(N)c2Cl)cn1. The monoisotopic (exact) mass is 320 g/mol. The van der Waals surface area contributed by atoms with Gasteiger partial charge in [-0.05, 0) is 12.1 Å². The molecule has 1 heterocycles. The van der Waals surface area contributed by atoms with E-state index >= 15 is 0 Å². The van der Waals surface area contributed by atoms with Crippen LogP contribution >= 0.6 is 23.2 Å². The standard InChI is InChI=1S/C10H10Cl2N4O2S/c1-16-5-6(4-14-16)15-19(17,18)8-3-2-7(11)10(13)9(8)12/h2-5,15H,13H2,1H3. The number of rotatable bonds is 3. The quantitative estimate of drug-likeness (QED) is 0.847. The van der Waals surface area contributed by atoms with E-state index < -0.39 is 10.0 Å². The fourth-order valence-corrected chi connectivity index (χ4v) is 3.24. The minimum absolute atomic E-state index is 0.0254. The molecule has 19 heavy (non-hydrogen) atoms. The molecule has 0 saturated carbocycles. The molecule has 0 unspecified atom stereocenters. The molecule has 0 fully saturated rings. The highest BCUT2D eigenvalue weighted by molar-refractivity contribution is 7.92. The molecule has 6 nitrogen and oxygen atoms in total. The molecule has 0 bridgehead atoms. The zero-order chi connectivity index (χ0) is 14.2. The van der Waals surface area contributed by atoms with E-state index in [-0.39, 0.29) is 20.6 Å². The van der Waals surface area contributed by atoms with Gasteiger partial charge in [0.05, 0.1) is 27.6 Å². The summed E-state index contributed by atoms with van der Waals surface area (Å²) in [5.41, 5.74) is 5.96. The highest BCUT2D eigenvalue weighted by Gasteiger charge is 2.21. The van der Waals surface area contributed by atoms with Gasteiger partial charge in [-0.2, -0.15) is 5.10 Å². The predicted molar refractivity (Wildman–Crippen MR) is 74.9 cm³/mol. The molecule has 0 aliphatic heterocycles. The van der Waals surface area contributed by atoms with Gasteiger partial charge in [0, 0.05) is 13.2 Å². The number of halogens is 2. The first-order valence-electron chi connectivity index (χ1n) is 5.06. The van der Waals surface area contributed by atoms with Gasteiger partial charge in [-0.3, -0.25) is 9.40 Å². The van der Waals surface area contributed by atoms with Crippen molar-refractivity contribution in [2.24, 2.45) is 7.05 Å². The van der Waals surface area contributed by atoms with Crippen LogP contribution in [-0.4, -0.2) is 18.2 Å². The third-order valence-electron chi connectivity index (χ3n) is 2.34. The Morgan fingerprint density at radius 2 is 2.05 bits per heavy atom. The van der Waals surface area contributed by atoms with Crippen molar-refractivity contribution in [2.75, 3.05) is 10.5 Å². The van der Waals surface area contributed by atoms with Gasteiger partial charge in [0.2, 0.25) is 0 Å². The molecule has 0 amide bonds. The van der Waals surface area contributed by atoms with Crippen molar-refractivity contribution in [3.63, 3.8) is 0 Å². The second-order valence-corrected chi connectivity index (χ2v) is 6.22. The summed E-state index contributed by atoms with van der Waals surface area (Å²) >= 11 is 11.7. The van der Waals surface area contributed by atoms with Crippen LogP contribution in [0.4, 0.5) is 11.4 Å². The van der Waals surface area contributed by atoms with Crippen molar-refractivity contribution in [3.8, 4) is 0 Å². The van der Waals surface area contributed by atoms with Crippen molar-refractivity contribution < 1.29 is 8.42 Å². The maximum Gasteiger partial charge on any atom is 0.263 e. The summed E-state index contributed by atoms with van der Waals surface area (Å²) in [4.78, 5) is -0.139. The first-order chi connectivity index (χ1) is 8.81.